The van der Waals surface area contributed by atoms with Crippen molar-refractivity contribution in [3.8, 4) is 5.75 Å². The maximum Gasteiger partial charge on any atom is 0.251 e. The van der Waals surface area contributed by atoms with Gasteiger partial charge in [-0.05, 0) is 42.8 Å². The Labute approximate surface area is 149 Å². The van der Waals surface area contributed by atoms with Gasteiger partial charge in [-0.2, -0.15) is 0 Å². The van der Waals surface area contributed by atoms with E-state index >= 15 is 0 Å². The lowest BCUT2D eigenvalue weighted by Crippen LogP contribution is -3.11. The average molecular weight is 339 g/mol. The van der Waals surface area contributed by atoms with E-state index in [9.17, 15) is 4.79 Å². The molecule has 1 heterocycles. The fraction of sp³-hybridized carbons (Fsp3) is 0.381. The summed E-state index contributed by atoms with van der Waals surface area (Å²) in [6.07, 6.45) is 2.52. The molecule has 0 bridgehead atoms. The monoisotopic (exact) mass is 339 g/mol. The van der Waals surface area contributed by atoms with Crippen LogP contribution in [0.4, 0.5) is 0 Å². The first-order valence-corrected chi connectivity index (χ1v) is 9.01. The second-order valence-electron chi connectivity index (χ2n) is 6.72. The highest BCUT2D eigenvalue weighted by Gasteiger charge is 2.28. The van der Waals surface area contributed by atoms with Crippen LogP contribution in [0.1, 0.15) is 40.4 Å². The summed E-state index contributed by atoms with van der Waals surface area (Å²) in [5, 5.41) is 3.15. The number of rotatable bonds is 6. The Balaban J connectivity index is 1.73. The smallest absolute Gasteiger partial charge is 0.251 e. The summed E-state index contributed by atoms with van der Waals surface area (Å²) in [5.74, 6) is 0.873. The number of aryl methyl sites for hydroxylation is 1. The molecule has 1 atom stereocenters. The molecule has 2 aromatic rings. The number of amides is 1. The molecule has 0 unspecified atom stereocenters. The van der Waals surface area contributed by atoms with Gasteiger partial charge in [-0.25, -0.2) is 0 Å². The minimum Gasteiger partial charge on any atom is -0.497 e. The third-order valence-corrected chi connectivity index (χ3v) is 5.11. The summed E-state index contributed by atoms with van der Waals surface area (Å²) < 4.78 is 5.27. The highest BCUT2D eigenvalue weighted by Crippen LogP contribution is 2.17. The van der Waals surface area contributed by atoms with Gasteiger partial charge in [0.2, 0.25) is 0 Å². The molecule has 1 fully saturated rings. The van der Waals surface area contributed by atoms with E-state index in [0.29, 0.717) is 6.54 Å². The van der Waals surface area contributed by atoms with Crippen molar-refractivity contribution in [2.45, 2.75) is 25.8 Å². The standard InChI is InChI=1S/C21H26N2O2/c1-16-7-3-4-8-19(16)21(24)22-15-20(23-13-5-6-14-23)17-9-11-18(25-2)12-10-17/h3-4,7-12,20H,5-6,13-15H2,1-2H3,(H,22,24)/p+1/t20-/m1/s1. The van der Waals surface area contributed by atoms with Gasteiger partial charge in [-0.1, -0.05) is 18.2 Å². The van der Waals surface area contributed by atoms with Crippen molar-refractivity contribution in [1.29, 1.82) is 0 Å². The number of benzene rings is 2. The SMILES string of the molecule is COc1ccc([C@@H](CNC(=O)c2ccccc2C)[NH+]2CCCC2)cc1. The van der Waals surface area contributed by atoms with E-state index in [1.165, 1.54) is 18.4 Å². The van der Waals surface area contributed by atoms with Crippen LogP contribution in [0.2, 0.25) is 0 Å². The van der Waals surface area contributed by atoms with E-state index in [4.69, 9.17) is 4.74 Å². The number of ether oxygens (including phenoxy) is 1. The van der Waals surface area contributed by atoms with Crippen LogP contribution in [0.25, 0.3) is 0 Å². The van der Waals surface area contributed by atoms with Gasteiger partial charge in [0.1, 0.15) is 11.8 Å². The zero-order valence-electron chi connectivity index (χ0n) is 15.0. The molecule has 0 spiro atoms. The van der Waals surface area contributed by atoms with Crippen LogP contribution in [0, 0.1) is 6.92 Å². The normalized spacial score (nSPS) is 15.8. The summed E-state index contributed by atoms with van der Waals surface area (Å²) in [6.45, 7) is 4.95. The van der Waals surface area contributed by atoms with Crippen molar-refractivity contribution < 1.29 is 14.4 Å². The van der Waals surface area contributed by atoms with Crippen molar-refractivity contribution in [3.63, 3.8) is 0 Å². The number of hydrogen-bond donors (Lipinski definition) is 2. The van der Waals surface area contributed by atoms with Gasteiger partial charge in [-0.15, -0.1) is 0 Å². The third-order valence-electron chi connectivity index (χ3n) is 5.11. The molecule has 3 rings (SSSR count). The highest BCUT2D eigenvalue weighted by atomic mass is 16.5. The number of hydrogen-bond acceptors (Lipinski definition) is 2. The molecule has 0 aromatic heterocycles. The average Bonchev–Trinajstić information content (AvgIpc) is 3.17. The highest BCUT2D eigenvalue weighted by molar-refractivity contribution is 5.95. The Morgan fingerprint density at radius 3 is 2.44 bits per heavy atom. The van der Waals surface area contributed by atoms with Gasteiger partial charge >= 0.3 is 0 Å². The maximum absolute atomic E-state index is 12.6. The van der Waals surface area contributed by atoms with E-state index in [1.54, 1.807) is 12.0 Å². The van der Waals surface area contributed by atoms with E-state index in [2.05, 4.69) is 17.4 Å². The largest absolute Gasteiger partial charge is 0.497 e. The molecule has 4 heteroatoms. The van der Waals surface area contributed by atoms with E-state index in [-0.39, 0.29) is 11.9 Å². The first kappa shape index (κ1) is 17.5. The molecule has 132 valence electrons. The second-order valence-corrected chi connectivity index (χ2v) is 6.72. The lowest BCUT2D eigenvalue weighted by Gasteiger charge is -2.25. The Kier molecular flexibility index (Phi) is 5.71. The van der Waals surface area contributed by atoms with Crippen molar-refractivity contribution in [1.82, 2.24) is 5.32 Å². The van der Waals surface area contributed by atoms with Crippen molar-refractivity contribution >= 4 is 5.91 Å². The summed E-state index contributed by atoms with van der Waals surface area (Å²) in [6, 6.07) is 16.2. The molecule has 0 saturated carbocycles. The number of quaternary nitrogens is 1. The Hall–Kier alpha value is -2.33. The van der Waals surface area contributed by atoms with Crippen LogP contribution < -0.4 is 15.0 Å². The molecular formula is C21H27N2O2+. The molecule has 1 aliphatic heterocycles. The van der Waals surface area contributed by atoms with E-state index in [1.807, 2.05) is 43.3 Å². The second kappa shape index (κ2) is 8.17. The first-order chi connectivity index (χ1) is 12.2. The van der Waals surface area contributed by atoms with Gasteiger partial charge in [0.25, 0.3) is 5.91 Å². The quantitative estimate of drug-likeness (QED) is 0.847. The van der Waals surface area contributed by atoms with Crippen LogP contribution in [0.15, 0.2) is 48.5 Å². The minimum absolute atomic E-state index is 0.00945. The minimum atomic E-state index is 0.00945. The van der Waals surface area contributed by atoms with Gasteiger partial charge in [0.15, 0.2) is 0 Å². The predicted molar refractivity (Wildman–Crippen MR) is 99.2 cm³/mol. The molecule has 2 aromatic carbocycles. The van der Waals surface area contributed by atoms with Crippen molar-refractivity contribution in [2.24, 2.45) is 0 Å². The fourth-order valence-electron chi connectivity index (χ4n) is 3.63. The molecule has 25 heavy (non-hydrogen) atoms. The molecule has 1 amide bonds. The first-order valence-electron chi connectivity index (χ1n) is 9.01. The molecule has 4 nitrogen and oxygen atoms in total. The Morgan fingerprint density at radius 2 is 1.80 bits per heavy atom. The molecule has 1 saturated heterocycles. The summed E-state index contributed by atoms with van der Waals surface area (Å²) in [4.78, 5) is 14.1. The van der Waals surface area contributed by atoms with Crippen LogP contribution >= 0.6 is 0 Å². The lowest BCUT2D eigenvalue weighted by atomic mass is 10.0. The van der Waals surface area contributed by atoms with Crippen LogP contribution in [-0.4, -0.2) is 32.7 Å². The lowest BCUT2D eigenvalue weighted by molar-refractivity contribution is -0.918. The number of methoxy groups -OCH3 is 1. The zero-order chi connectivity index (χ0) is 17.6. The fourth-order valence-corrected chi connectivity index (χ4v) is 3.63. The predicted octanol–water partition coefficient (Wildman–Crippen LogP) is 2.15. The summed E-state index contributed by atoms with van der Waals surface area (Å²) in [7, 11) is 1.68. The topological polar surface area (TPSA) is 42.8 Å². The van der Waals surface area contributed by atoms with Gasteiger partial charge in [0.05, 0.1) is 26.7 Å². The number of nitrogens with one attached hydrogen (secondary N) is 2. The molecule has 0 aliphatic carbocycles. The molecule has 2 N–H and O–H groups in total. The van der Waals surface area contributed by atoms with Crippen LogP contribution in [-0.2, 0) is 0 Å². The van der Waals surface area contributed by atoms with E-state index in [0.717, 1.165) is 30.0 Å². The number of carbonyl (C=O) groups is 1. The van der Waals surface area contributed by atoms with Gasteiger partial charge in [-0.3, -0.25) is 4.79 Å². The maximum atomic E-state index is 12.6. The van der Waals surface area contributed by atoms with E-state index < -0.39 is 0 Å². The number of likely N-dealkylation sites (tertiary alicyclic amines) is 1. The summed E-state index contributed by atoms with van der Waals surface area (Å²) >= 11 is 0. The van der Waals surface area contributed by atoms with Crippen LogP contribution in [0.5, 0.6) is 5.75 Å². The van der Waals surface area contributed by atoms with Gasteiger partial charge in [0, 0.05) is 24.0 Å². The molecule has 0 radical (unpaired) electrons. The molecular weight excluding hydrogens is 312 g/mol. The zero-order valence-corrected chi connectivity index (χ0v) is 15.0. The Bertz CT molecular complexity index is 706. The van der Waals surface area contributed by atoms with Crippen molar-refractivity contribution in [2.75, 3.05) is 26.7 Å². The number of carbonyl (C=O) groups excluding carboxylic acids is 1. The molecule has 1 aliphatic rings. The van der Waals surface area contributed by atoms with Crippen molar-refractivity contribution in [3.05, 3.63) is 65.2 Å². The Morgan fingerprint density at radius 1 is 1.12 bits per heavy atom. The summed E-state index contributed by atoms with van der Waals surface area (Å²) in [5.41, 5.74) is 3.02. The van der Waals surface area contributed by atoms with Gasteiger partial charge < -0.3 is 15.0 Å². The van der Waals surface area contributed by atoms with Crippen LogP contribution in [0.3, 0.4) is 0 Å². The third kappa shape index (κ3) is 4.20.